The maximum Gasteiger partial charge on any atom is 0.0686 e. The monoisotopic (exact) mass is 296 g/mol. The van der Waals surface area contributed by atoms with Gasteiger partial charge in [0.15, 0.2) is 0 Å². The molecule has 0 fully saturated rings. The summed E-state index contributed by atoms with van der Waals surface area (Å²) >= 11 is 0. The quantitative estimate of drug-likeness (QED) is 0.288. The van der Waals surface area contributed by atoms with Crippen molar-refractivity contribution in [1.29, 1.82) is 0 Å². The van der Waals surface area contributed by atoms with E-state index in [0.29, 0.717) is 0 Å². The average Bonchev–Trinajstić information content (AvgIpc) is 2.48. The Kier molecular flexibility index (Phi) is 12.0. The van der Waals surface area contributed by atoms with Gasteiger partial charge in [0.2, 0.25) is 0 Å². The van der Waals surface area contributed by atoms with Gasteiger partial charge in [-0.3, -0.25) is 0 Å². The van der Waals surface area contributed by atoms with Crippen LogP contribution in [0.4, 0.5) is 0 Å². The SMILES string of the molecule is C=CC=CC[Si](CC=CC=C)(CC=CC=C)CC=CC=C. The van der Waals surface area contributed by atoms with Gasteiger partial charge in [0.1, 0.15) is 0 Å². The zero-order chi connectivity index (χ0) is 15.8. The summed E-state index contributed by atoms with van der Waals surface area (Å²) in [6.07, 6.45) is 24.6. The van der Waals surface area contributed by atoms with Crippen molar-refractivity contribution in [2.75, 3.05) is 0 Å². The van der Waals surface area contributed by atoms with Gasteiger partial charge in [0, 0.05) is 0 Å². The predicted molar refractivity (Wildman–Crippen MR) is 102 cm³/mol. The van der Waals surface area contributed by atoms with Crippen LogP contribution >= 0.6 is 0 Å². The largest absolute Gasteiger partial charge is 0.0991 e. The van der Waals surface area contributed by atoms with Crippen LogP contribution < -0.4 is 0 Å². The van der Waals surface area contributed by atoms with Crippen molar-refractivity contribution in [2.45, 2.75) is 24.2 Å². The minimum atomic E-state index is -1.48. The summed E-state index contributed by atoms with van der Waals surface area (Å²) in [6.45, 7) is 15.0. The Morgan fingerprint density at radius 3 is 0.905 bits per heavy atom. The van der Waals surface area contributed by atoms with Crippen LogP contribution in [-0.2, 0) is 0 Å². The van der Waals surface area contributed by atoms with Crippen LogP contribution in [0, 0.1) is 0 Å². The van der Waals surface area contributed by atoms with E-state index in [4.69, 9.17) is 0 Å². The molecule has 0 unspecified atom stereocenters. The zero-order valence-electron chi connectivity index (χ0n) is 13.1. The van der Waals surface area contributed by atoms with Crippen LogP contribution in [0.3, 0.4) is 0 Å². The molecule has 0 amide bonds. The zero-order valence-corrected chi connectivity index (χ0v) is 14.1. The van der Waals surface area contributed by atoms with Gasteiger partial charge < -0.3 is 0 Å². The molecule has 0 atom stereocenters. The van der Waals surface area contributed by atoms with E-state index < -0.39 is 8.07 Å². The molecular weight excluding hydrogens is 268 g/mol. The second kappa shape index (κ2) is 13.1. The molecule has 0 saturated carbocycles. The van der Waals surface area contributed by atoms with Gasteiger partial charge in [0.05, 0.1) is 8.07 Å². The molecule has 0 heterocycles. The minimum Gasteiger partial charge on any atom is -0.0991 e. The lowest BCUT2D eigenvalue weighted by atomic mass is 10.5. The molecule has 0 aliphatic carbocycles. The topological polar surface area (TPSA) is 0 Å². The Morgan fingerprint density at radius 1 is 0.476 bits per heavy atom. The predicted octanol–water partition coefficient (Wildman–Crippen LogP) is 6.40. The van der Waals surface area contributed by atoms with Crippen molar-refractivity contribution in [3.63, 3.8) is 0 Å². The third-order valence-corrected chi connectivity index (χ3v) is 7.70. The summed E-state index contributed by atoms with van der Waals surface area (Å²) in [5.41, 5.74) is 0. The van der Waals surface area contributed by atoms with Crippen LogP contribution in [0.25, 0.3) is 0 Å². The molecule has 0 radical (unpaired) electrons. The minimum absolute atomic E-state index is 1.14. The fourth-order valence-corrected chi connectivity index (χ4v) is 5.70. The Balaban J connectivity index is 5.19. The molecule has 0 aliphatic rings. The van der Waals surface area contributed by atoms with Gasteiger partial charge in [-0.2, -0.15) is 0 Å². The molecule has 0 N–H and O–H groups in total. The molecular formula is C20H28Si. The number of rotatable bonds is 12. The van der Waals surface area contributed by atoms with E-state index in [0.717, 1.165) is 24.2 Å². The average molecular weight is 297 g/mol. The van der Waals surface area contributed by atoms with Gasteiger partial charge in [-0.25, -0.2) is 0 Å². The van der Waals surface area contributed by atoms with Crippen LogP contribution in [0.1, 0.15) is 0 Å². The normalized spacial score (nSPS) is 14.9. The Hall–Kier alpha value is -1.86. The van der Waals surface area contributed by atoms with Crippen LogP contribution in [-0.4, -0.2) is 8.07 Å². The Morgan fingerprint density at radius 2 is 0.714 bits per heavy atom. The summed E-state index contributed by atoms with van der Waals surface area (Å²) in [6, 6.07) is 4.57. The lowest BCUT2D eigenvalue weighted by Gasteiger charge is -2.27. The van der Waals surface area contributed by atoms with E-state index >= 15 is 0 Å². The Bertz CT molecular complexity index is 347. The highest BCUT2D eigenvalue weighted by atomic mass is 28.3. The molecule has 0 saturated heterocycles. The summed E-state index contributed by atoms with van der Waals surface area (Å²) in [4.78, 5) is 0. The maximum atomic E-state index is 3.75. The van der Waals surface area contributed by atoms with Gasteiger partial charge in [-0.1, -0.05) is 99.2 Å². The molecule has 112 valence electrons. The van der Waals surface area contributed by atoms with Crippen molar-refractivity contribution in [3.05, 3.63) is 99.2 Å². The first-order valence-electron chi connectivity index (χ1n) is 7.35. The van der Waals surface area contributed by atoms with Crippen LogP contribution in [0.2, 0.25) is 24.2 Å². The standard InChI is InChI=1S/C20H28Si/c1-5-9-13-17-21(18-14-10-6-2,19-15-11-7-3)20-16-12-8-4/h5-16H,1-4,17-20H2. The molecule has 1 heteroatoms. The number of allylic oxidation sites excluding steroid dienone is 12. The van der Waals surface area contributed by atoms with Crippen molar-refractivity contribution in [2.24, 2.45) is 0 Å². The molecule has 0 aliphatic heterocycles. The van der Waals surface area contributed by atoms with E-state index in [2.05, 4.69) is 50.6 Å². The molecule has 0 bridgehead atoms. The second-order valence-electron chi connectivity index (χ2n) is 4.97. The summed E-state index contributed by atoms with van der Waals surface area (Å²) in [5, 5.41) is 0. The van der Waals surface area contributed by atoms with E-state index in [1.165, 1.54) is 0 Å². The van der Waals surface area contributed by atoms with Gasteiger partial charge in [0.25, 0.3) is 0 Å². The van der Waals surface area contributed by atoms with Crippen molar-refractivity contribution >= 4 is 8.07 Å². The van der Waals surface area contributed by atoms with Crippen molar-refractivity contribution in [1.82, 2.24) is 0 Å². The van der Waals surface area contributed by atoms with Crippen LogP contribution in [0.5, 0.6) is 0 Å². The third kappa shape index (κ3) is 9.64. The van der Waals surface area contributed by atoms with Crippen molar-refractivity contribution in [3.8, 4) is 0 Å². The first kappa shape index (κ1) is 19.1. The molecule has 21 heavy (non-hydrogen) atoms. The molecule has 0 rings (SSSR count). The van der Waals surface area contributed by atoms with Gasteiger partial charge in [-0.15, -0.1) is 0 Å². The van der Waals surface area contributed by atoms with Gasteiger partial charge >= 0.3 is 0 Å². The van der Waals surface area contributed by atoms with Gasteiger partial charge in [-0.05, 0) is 24.2 Å². The van der Waals surface area contributed by atoms with Crippen LogP contribution in [0.15, 0.2) is 99.2 Å². The Labute approximate surface area is 132 Å². The summed E-state index contributed by atoms with van der Waals surface area (Å²) in [7, 11) is -1.48. The fraction of sp³-hybridized carbons (Fsp3) is 0.200. The lowest BCUT2D eigenvalue weighted by Crippen LogP contribution is -2.31. The first-order chi connectivity index (χ1) is 10.2. The van der Waals surface area contributed by atoms with Crippen molar-refractivity contribution < 1.29 is 0 Å². The number of hydrogen-bond donors (Lipinski definition) is 0. The highest BCUT2D eigenvalue weighted by Crippen LogP contribution is 2.28. The molecule has 0 aromatic rings. The highest BCUT2D eigenvalue weighted by Gasteiger charge is 2.27. The van der Waals surface area contributed by atoms with E-state index in [1.807, 2.05) is 48.6 Å². The number of hydrogen-bond acceptors (Lipinski definition) is 0. The lowest BCUT2D eigenvalue weighted by molar-refractivity contribution is 1.28. The highest BCUT2D eigenvalue weighted by molar-refractivity contribution is 6.81. The van der Waals surface area contributed by atoms with E-state index in [9.17, 15) is 0 Å². The molecule has 0 nitrogen and oxygen atoms in total. The molecule has 0 aromatic heterocycles. The smallest absolute Gasteiger partial charge is 0.0686 e. The molecule has 0 aromatic carbocycles. The van der Waals surface area contributed by atoms with E-state index in [-0.39, 0.29) is 0 Å². The maximum absolute atomic E-state index is 3.75. The summed E-state index contributed by atoms with van der Waals surface area (Å²) < 4.78 is 0. The van der Waals surface area contributed by atoms with E-state index in [1.54, 1.807) is 0 Å². The second-order valence-corrected chi connectivity index (χ2v) is 9.60. The third-order valence-electron chi connectivity index (χ3n) is 3.29. The fourth-order valence-electron chi connectivity index (χ4n) is 2.16. The first-order valence-corrected chi connectivity index (χ1v) is 10.2. The summed E-state index contributed by atoms with van der Waals surface area (Å²) in [5.74, 6) is 0. The molecule has 0 spiro atoms.